The minimum absolute atomic E-state index is 0. The molecule has 0 aromatic carbocycles. The van der Waals surface area contributed by atoms with Gasteiger partial charge in [0.25, 0.3) is 0 Å². The van der Waals surface area contributed by atoms with Crippen molar-refractivity contribution < 1.29 is 32.7 Å². The average Bonchev–Trinajstić information content (AvgIpc) is 2.65. The Morgan fingerprint density at radius 1 is 0.800 bits per heavy atom. The molecule has 3 fully saturated rings. The van der Waals surface area contributed by atoms with Crippen molar-refractivity contribution >= 4 is 0 Å². The molecular formula is C14H24Y-2. The van der Waals surface area contributed by atoms with Gasteiger partial charge in [-0.15, -0.1) is 0 Å². The Hall–Kier alpha value is 1.10. The Morgan fingerprint density at radius 3 is 2.47 bits per heavy atom. The summed E-state index contributed by atoms with van der Waals surface area (Å²) >= 11 is 0. The van der Waals surface area contributed by atoms with Gasteiger partial charge >= 0.3 is 0 Å². The van der Waals surface area contributed by atoms with Gasteiger partial charge in [0.1, 0.15) is 0 Å². The zero-order valence-corrected chi connectivity index (χ0v) is 13.0. The van der Waals surface area contributed by atoms with Crippen LogP contribution >= 0.6 is 0 Å². The van der Waals surface area contributed by atoms with Gasteiger partial charge in [0.2, 0.25) is 0 Å². The topological polar surface area (TPSA) is 0 Å². The largest absolute Gasteiger partial charge is 0.358 e. The van der Waals surface area contributed by atoms with E-state index in [2.05, 4.69) is 6.42 Å². The Bertz CT molecular complexity index is 190. The second-order valence-corrected chi connectivity index (χ2v) is 5.43. The summed E-state index contributed by atoms with van der Waals surface area (Å²) in [5.41, 5.74) is 0. The van der Waals surface area contributed by atoms with E-state index in [9.17, 15) is 0 Å². The molecule has 3 rings (SSSR count). The minimum atomic E-state index is 0. The number of rotatable bonds is 0. The second kappa shape index (κ2) is 6.15. The molecule has 0 aromatic rings. The van der Waals surface area contributed by atoms with Gasteiger partial charge in [0.05, 0.1) is 0 Å². The summed E-state index contributed by atoms with van der Waals surface area (Å²) in [4.78, 5) is 0. The molecule has 15 heavy (non-hydrogen) atoms. The normalized spacial score (nSPS) is 43.2. The zero-order valence-electron chi connectivity index (χ0n) is 10.1. The number of hydrogen-bond donors (Lipinski definition) is 0. The Labute approximate surface area is 121 Å². The molecule has 1 radical (unpaired) electrons. The number of fused-ring (bicyclic) bond motifs is 3. The van der Waals surface area contributed by atoms with Crippen LogP contribution in [-0.4, -0.2) is 0 Å². The van der Waals surface area contributed by atoms with Crippen LogP contribution in [0.2, 0.25) is 0 Å². The molecule has 3 saturated carbocycles. The first kappa shape index (κ1) is 14.2. The van der Waals surface area contributed by atoms with Crippen LogP contribution in [0.4, 0.5) is 0 Å². The molecule has 0 spiro atoms. The van der Waals surface area contributed by atoms with E-state index in [0.717, 1.165) is 23.7 Å². The fourth-order valence-electron chi connectivity index (χ4n) is 4.32. The third kappa shape index (κ3) is 2.68. The smallest absolute Gasteiger partial charge is 0 e. The van der Waals surface area contributed by atoms with Crippen molar-refractivity contribution in [2.45, 2.75) is 51.4 Å². The van der Waals surface area contributed by atoms with Crippen molar-refractivity contribution in [1.29, 1.82) is 0 Å². The molecule has 0 amide bonds. The maximum Gasteiger partial charge on any atom is 0 e. The van der Waals surface area contributed by atoms with Crippen LogP contribution in [-0.2, 0) is 32.7 Å². The summed E-state index contributed by atoms with van der Waals surface area (Å²) in [7, 11) is 0. The first-order valence-electron chi connectivity index (χ1n) is 6.28. The second-order valence-electron chi connectivity index (χ2n) is 5.43. The maximum atomic E-state index is 2.63. The van der Waals surface area contributed by atoms with Gasteiger partial charge in [-0.3, -0.25) is 0 Å². The maximum absolute atomic E-state index is 2.63. The third-order valence-corrected chi connectivity index (χ3v) is 4.91. The standard InChI is InChI=1S/C13H21.CH3.Y/c1-2-6-12-10(4-1)8-9-11-5-3-7-13(11)12;;/h5,10-13H,1-4,6-9H2;1H3;/q2*-1;. The zero-order chi connectivity index (χ0) is 8.67. The van der Waals surface area contributed by atoms with E-state index in [1.807, 2.05) is 0 Å². The Balaban J connectivity index is 0.000000562. The van der Waals surface area contributed by atoms with E-state index in [0.29, 0.717) is 0 Å². The summed E-state index contributed by atoms with van der Waals surface area (Å²) < 4.78 is 0. The van der Waals surface area contributed by atoms with E-state index in [4.69, 9.17) is 0 Å². The van der Waals surface area contributed by atoms with E-state index >= 15 is 0 Å². The molecule has 0 bridgehead atoms. The minimum Gasteiger partial charge on any atom is -0.358 e. The molecule has 4 atom stereocenters. The van der Waals surface area contributed by atoms with Gasteiger partial charge < -0.3 is 13.8 Å². The van der Waals surface area contributed by atoms with E-state index in [-0.39, 0.29) is 40.1 Å². The first-order valence-corrected chi connectivity index (χ1v) is 6.28. The predicted octanol–water partition coefficient (Wildman–Crippen LogP) is 4.26. The Kier molecular flexibility index (Phi) is 5.81. The van der Waals surface area contributed by atoms with Crippen molar-refractivity contribution in [2.75, 3.05) is 0 Å². The van der Waals surface area contributed by atoms with Gasteiger partial charge in [-0.1, -0.05) is 50.9 Å². The van der Waals surface area contributed by atoms with Gasteiger partial charge in [-0.2, -0.15) is 12.3 Å². The van der Waals surface area contributed by atoms with Crippen LogP contribution in [0, 0.1) is 37.5 Å². The van der Waals surface area contributed by atoms with Crippen molar-refractivity contribution in [1.82, 2.24) is 0 Å². The predicted molar refractivity (Wildman–Crippen MR) is 61.6 cm³/mol. The molecule has 0 aromatic heterocycles. The third-order valence-electron chi connectivity index (χ3n) is 4.91. The molecule has 4 unspecified atom stereocenters. The number of hydrogen-bond acceptors (Lipinski definition) is 0. The monoisotopic (exact) mass is 281 g/mol. The fourth-order valence-corrected chi connectivity index (χ4v) is 4.32. The molecule has 0 nitrogen and oxygen atoms in total. The van der Waals surface area contributed by atoms with E-state index < -0.39 is 0 Å². The summed E-state index contributed by atoms with van der Waals surface area (Å²) in [5, 5.41) is 0. The van der Waals surface area contributed by atoms with Crippen LogP contribution in [0.3, 0.4) is 0 Å². The van der Waals surface area contributed by atoms with Gasteiger partial charge in [-0.05, 0) is 11.8 Å². The molecule has 0 aliphatic heterocycles. The molecule has 0 heterocycles. The molecule has 85 valence electrons. The van der Waals surface area contributed by atoms with Crippen molar-refractivity contribution in [3.05, 3.63) is 13.8 Å². The average molecular weight is 281 g/mol. The van der Waals surface area contributed by atoms with Gasteiger partial charge in [-0.25, -0.2) is 0 Å². The summed E-state index contributed by atoms with van der Waals surface area (Å²) in [6.07, 6.45) is 14.9. The quantitative estimate of drug-likeness (QED) is 0.582. The fraction of sp³-hybridized carbons (Fsp3) is 0.857. The van der Waals surface area contributed by atoms with Crippen LogP contribution in [0.25, 0.3) is 0 Å². The molecule has 3 aliphatic carbocycles. The van der Waals surface area contributed by atoms with Crippen LogP contribution in [0.1, 0.15) is 51.4 Å². The van der Waals surface area contributed by atoms with Gasteiger partial charge in [0.15, 0.2) is 0 Å². The summed E-state index contributed by atoms with van der Waals surface area (Å²) in [5.74, 6) is 4.45. The first-order chi connectivity index (χ1) is 6.45. The van der Waals surface area contributed by atoms with Crippen molar-refractivity contribution in [3.8, 4) is 0 Å². The molecular weight excluding hydrogens is 257 g/mol. The van der Waals surface area contributed by atoms with E-state index in [1.165, 1.54) is 32.1 Å². The van der Waals surface area contributed by atoms with Gasteiger partial charge in [0, 0.05) is 32.7 Å². The van der Waals surface area contributed by atoms with E-state index in [1.54, 1.807) is 19.3 Å². The van der Waals surface area contributed by atoms with Crippen LogP contribution in [0.15, 0.2) is 0 Å². The van der Waals surface area contributed by atoms with Crippen molar-refractivity contribution in [3.63, 3.8) is 0 Å². The van der Waals surface area contributed by atoms with Crippen LogP contribution < -0.4 is 0 Å². The molecule has 3 aliphatic rings. The summed E-state index contributed by atoms with van der Waals surface area (Å²) in [6.45, 7) is 0. The molecule has 0 saturated heterocycles. The molecule has 1 heteroatoms. The SMILES string of the molecule is [CH-]1CCC2C1CCC1CCCCC12.[CH3-].[Y]. The molecule has 0 N–H and O–H groups in total. The van der Waals surface area contributed by atoms with Crippen LogP contribution in [0.5, 0.6) is 0 Å². The summed E-state index contributed by atoms with van der Waals surface area (Å²) in [6, 6.07) is 0. The Morgan fingerprint density at radius 2 is 1.60 bits per heavy atom. The van der Waals surface area contributed by atoms with Crippen molar-refractivity contribution in [2.24, 2.45) is 23.7 Å².